The van der Waals surface area contributed by atoms with E-state index in [0.717, 1.165) is 16.7 Å². The molecule has 0 spiro atoms. The molecule has 1 amide bonds. The number of fused-ring (bicyclic) bond motifs is 1. The van der Waals surface area contributed by atoms with E-state index in [2.05, 4.69) is 12.1 Å². The average molecular weight is 629 g/mol. The van der Waals surface area contributed by atoms with Crippen molar-refractivity contribution in [2.24, 2.45) is 5.92 Å². The van der Waals surface area contributed by atoms with Gasteiger partial charge in [0.2, 0.25) is 0 Å². The Balaban J connectivity index is 0.00000400. The molecule has 1 aliphatic carbocycles. The average Bonchev–Trinajstić information content (AvgIpc) is 3.18. The SMILES string of the molecule is COc1cc2c(cc1OC)C(=O)C(Cc1cc[n+](Cc3ccccc3)cc1C(=O)N(C(C)C)C(C)C)C2.[I-]. The predicted octanol–water partition coefficient (Wildman–Crippen LogP) is 1.90. The number of amides is 1. The van der Waals surface area contributed by atoms with Gasteiger partial charge in [0.05, 0.1) is 14.2 Å². The molecule has 0 N–H and O–H groups in total. The van der Waals surface area contributed by atoms with Crippen LogP contribution in [0.15, 0.2) is 60.9 Å². The number of carbonyl (C=O) groups excluding carboxylic acids is 2. The van der Waals surface area contributed by atoms with Crippen LogP contribution in [0.3, 0.4) is 0 Å². The van der Waals surface area contributed by atoms with Gasteiger partial charge in [0.25, 0.3) is 5.91 Å². The van der Waals surface area contributed by atoms with E-state index in [1.165, 1.54) is 0 Å². The zero-order chi connectivity index (χ0) is 26.7. The summed E-state index contributed by atoms with van der Waals surface area (Å²) in [5.74, 6) is 1.01. The number of pyridine rings is 1. The van der Waals surface area contributed by atoms with Gasteiger partial charge in [0.15, 0.2) is 36.2 Å². The Labute approximate surface area is 243 Å². The van der Waals surface area contributed by atoms with Gasteiger partial charge in [-0.05, 0) is 63.8 Å². The number of methoxy groups -OCH3 is 2. The first-order valence-corrected chi connectivity index (χ1v) is 12.9. The van der Waals surface area contributed by atoms with Gasteiger partial charge in [-0.3, -0.25) is 9.59 Å². The fraction of sp³-hybridized carbons (Fsp3) is 0.387. The summed E-state index contributed by atoms with van der Waals surface area (Å²) in [5.41, 5.74) is 4.34. The van der Waals surface area contributed by atoms with Gasteiger partial charge in [0.1, 0.15) is 5.56 Å². The second-order valence-electron chi connectivity index (χ2n) is 10.3. The summed E-state index contributed by atoms with van der Waals surface area (Å²) in [6.45, 7) is 8.82. The first-order valence-electron chi connectivity index (χ1n) is 12.9. The number of Topliss-reactive ketones (excluding diaryl/α,β-unsaturated/α-hetero) is 1. The molecule has 202 valence electrons. The summed E-state index contributed by atoms with van der Waals surface area (Å²) in [6, 6.07) is 16.0. The molecular formula is C31H37IN2O4. The zero-order valence-corrected chi connectivity index (χ0v) is 25.2. The van der Waals surface area contributed by atoms with Gasteiger partial charge in [-0.2, -0.15) is 4.57 Å². The minimum Gasteiger partial charge on any atom is -1.00 e. The zero-order valence-electron chi connectivity index (χ0n) is 23.0. The van der Waals surface area contributed by atoms with Crippen molar-refractivity contribution in [2.45, 2.75) is 59.2 Å². The van der Waals surface area contributed by atoms with Gasteiger partial charge in [-0.15, -0.1) is 0 Å². The highest BCUT2D eigenvalue weighted by molar-refractivity contribution is 6.03. The molecule has 3 aromatic rings. The highest BCUT2D eigenvalue weighted by Crippen LogP contribution is 2.38. The second-order valence-corrected chi connectivity index (χ2v) is 10.3. The molecule has 0 fully saturated rings. The van der Waals surface area contributed by atoms with Crippen LogP contribution in [-0.2, 0) is 19.4 Å². The number of halogens is 1. The maximum absolute atomic E-state index is 13.9. The van der Waals surface area contributed by atoms with Crippen molar-refractivity contribution in [1.82, 2.24) is 4.90 Å². The van der Waals surface area contributed by atoms with Crippen LogP contribution in [-0.4, -0.2) is 42.9 Å². The lowest BCUT2D eigenvalue weighted by Gasteiger charge is -2.31. The van der Waals surface area contributed by atoms with Crippen molar-refractivity contribution >= 4 is 11.7 Å². The number of ketones is 1. The fourth-order valence-electron chi connectivity index (χ4n) is 5.36. The lowest BCUT2D eigenvalue weighted by molar-refractivity contribution is -0.688. The summed E-state index contributed by atoms with van der Waals surface area (Å²) in [5, 5.41) is 0. The van der Waals surface area contributed by atoms with Crippen LogP contribution < -0.4 is 38.0 Å². The van der Waals surface area contributed by atoms with Crippen LogP contribution in [0.4, 0.5) is 0 Å². The largest absolute Gasteiger partial charge is 1.00 e. The van der Waals surface area contributed by atoms with Crippen LogP contribution in [0.2, 0.25) is 0 Å². The molecule has 0 saturated carbocycles. The van der Waals surface area contributed by atoms with Crippen molar-refractivity contribution in [1.29, 1.82) is 0 Å². The lowest BCUT2D eigenvalue weighted by atomic mass is 9.93. The van der Waals surface area contributed by atoms with Crippen LogP contribution >= 0.6 is 0 Å². The third kappa shape index (κ3) is 6.20. The summed E-state index contributed by atoms with van der Waals surface area (Å²) in [6.07, 6.45) is 5.06. The second kappa shape index (κ2) is 12.7. The van der Waals surface area contributed by atoms with Gasteiger partial charge in [-0.1, -0.05) is 30.3 Å². The molecule has 0 radical (unpaired) electrons. The molecule has 0 bridgehead atoms. The fourth-order valence-corrected chi connectivity index (χ4v) is 5.36. The normalized spacial score (nSPS) is 14.3. The van der Waals surface area contributed by atoms with Crippen LogP contribution in [0.1, 0.15) is 65.1 Å². The molecule has 1 aliphatic rings. The van der Waals surface area contributed by atoms with Crippen molar-refractivity contribution < 1.29 is 47.6 Å². The van der Waals surface area contributed by atoms with Gasteiger partial charge in [-0.25, -0.2) is 0 Å². The van der Waals surface area contributed by atoms with Crippen LogP contribution in [0.5, 0.6) is 11.5 Å². The maximum Gasteiger partial charge on any atom is 0.260 e. The van der Waals surface area contributed by atoms with Crippen molar-refractivity contribution in [2.75, 3.05) is 14.2 Å². The number of ether oxygens (including phenoxy) is 2. The monoisotopic (exact) mass is 628 g/mol. The Hall–Kier alpha value is -2.94. The summed E-state index contributed by atoms with van der Waals surface area (Å²) in [7, 11) is 3.17. The highest BCUT2D eigenvalue weighted by Gasteiger charge is 2.34. The van der Waals surface area contributed by atoms with Crippen LogP contribution in [0.25, 0.3) is 0 Å². The smallest absolute Gasteiger partial charge is 0.260 e. The topological polar surface area (TPSA) is 59.7 Å². The molecule has 38 heavy (non-hydrogen) atoms. The van der Waals surface area contributed by atoms with Gasteiger partial charge in [0, 0.05) is 35.2 Å². The van der Waals surface area contributed by atoms with Crippen molar-refractivity contribution in [3.63, 3.8) is 0 Å². The number of aromatic nitrogens is 1. The number of benzene rings is 2. The summed E-state index contributed by atoms with van der Waals surface area (Å²) in [4.78, 5) is 29.2. The minimum atomic E-state index is -0.241. The number of hydrogen-bond donors (Lipinski definition) is 0. The third-order valence-corrected chi connectivity index (χ3v) is 7.07. The van der Waals surface area contributed by atoms with E-state index in [9.17, 15) is 9.59 Å². The van der Waals surface area contributed by atoms with E-state index in [1.54, 1.807) is 20.3 Å². The predicted molar refractivity (Wildman–Crippen MR) is 143 cm³/mol. The number of rotatable bonds is 9. The molecule has 1 unspecified atom stereocenters. The Morgan fingerprint density at radius 1 is 1.00 bits per heavy atom. The quantitative estimate of drug-likeness (QED) is 0.269. The standard InChI is InChI=1S/C31H37N2O4.HI/c1-20(2)33(21(3)4)31(35)27-19-32(18-22-10-8-7-9-11-22)13-12-23(27)14-25-15-24-16-28(36-5)29(37-6)17-26(24)30(25)34;/h7-13,16-17,19-21,25H,14-15,18H2,1-6H3;1H/q+1;/p-1. The minimum absolute atomic E-state index is 0. The molecule has 6 nitrogen and oxygen atoms in total. The van der Waals surface area contributed by atoms with E-state index < -0.39 is 0 Å². The van der Waals surface area contributed by atoms with E-state index in [-0.39, 0.29) is 53.7 Å². The molecule has 1 heterocycles. The molecule has 1 aromatic heterocycles. The Bertz CT molecular complexity index is 1280. The molecule has 4 rings (SSSR count). The molecule has 1 atom stereocenters. The number of carbonyl (C=O) groups is 2. The van der Waals surface area contributed by atoms with Gasteiger partial charge < -0.3 is 38.4 Å². The highest BCUT2D eigenvalue weighted by atomic mass is 127. The summed E-state index contributed by atoms with van der Waals surface area (Å²) < 4.78 is 12.9. The van der Waals surface area contributed by atoms with Crippen LogP contribution in [0, 0.1) is 5.92 Å². The molecule has 0 saturated heterocycles. The molecular weight excluding hydrogens is 591 g/mol. The molecule has 7 heteroatoms. The summed E-state index contributed by atoms with van der Waals surface area (Å²) >= 11 is 0. The van der Waals surface area contributed by atoms with E-state index in [0.29, 0.717) is 42.0 Å². The third-order valence-electron chi connectivity index (χ3n) is 7.07. The Kier molecular flexibility index (Phi) is 9.93. The molecule has 2 aromatic carbocycles. The lowest BCUT2D eigenvalue weighted by Crippen LogP contribution is -3.00. The first kappa shape index (κ1) is 29.6. The first-order chi connectivity index (χ1) is 17.7. The van der Waals surface area contributed by atoms with Crippen molar-refractivity contribution in [3.8, 4) is 11.5 Å². The maximum atomic E-state index is 13.9. The Morgan fingerprint density at radius 2 is 1.63 bits per heavy atom. The van der Waals surface area contributed by atoms with E-state index in [4.69, 9.17) is 9.47 Å². The van der Waals surface area contributed by atoms with Crippen molar-refractivity contribution in [3.05, 3.63) is 88.7 Å². The van der Waals surface area contributed by atoms with E-state index in [1.807, 2.05) is 79.9 Å². The van der Waals surface area contributed by atoms with Gasteiger partial charge >= 0.3 is 0 Å². The van der Waals surface area contributed by atoms with E-state index >= 15 is 0 Å². The number of hydrogen-bond acceptors (Lipinski definition) is 4. The Morgan fingerprint density at radius 3 is 2.24 bits per heavy atom. The number of nitrogens with zero attached hydrogens (tertiary/aromatic N) is 2. The molecule has 0 aliphatic heterocycles.